The van der Waals surface area contributed by atoms with Crippen LogP contribution in [0.3, 0.4) is 0 Å². The van der Waals surface area contributed by atoms with Crippen molar-refractivity contribution in [1.29, 1.82) is 0 Å². The quantitative estimate of drug-likeness (QED) is 0.395. The summed E-state index contributed by atoms with van der Waals surface area (Å²) in [5.74, 6) is -0.446. The Morgan fingerprint density at radius 3 is 2.58 bits per heavy atom. The van der Waals surface area contributed by atoms with Gasteiger partial charge in [0.25, 0.3) is 5.91 Å². The molecule has 0 saturated heterocycles. The molecule has 166 valence electrons. The van der Waals surface area contributed by atoms with E-state index in [0.717, 1.165) is 22.3 Å². The number of aromatic nitrogens is 2. The predicted molar refractivity (Wildman–Crippen MR) is 125 cm³/mol. The van der Waals surface area contributed by atoms with Gasteiger partial charge in [0, 0.05) is 22.7 Å². The van der Waals surface area contributed by atoms with Crippen LogP contribution in [0.15, 0.2) is 60.7 Å². The number of nitrogens with zero attached hydrogens (tertiary/aromatic N) is 2. The second-order valence-electron chi connectivity index (χ2n) is 8.35. The standard InChI is InChI=1S/C26H21ClFN3O2/c1-14-10-15(2)21(20(32)11-14)23-22-24(30-29-23)26(33)31(13-16-6-8-19(28)9-7-16)25(22)17-4-3-5-18(27)12-17/h3-12,25,32H,13H2,1-2H3,(H,29,30). The van der Waals surface area contributed by atoms with Crippen molar-refractivity contribution in [2.24, 2.45) is 0 Å². The van der Waals surface area contributed by atoms with Crippen LogP contribution in [0.5, 0.6) is 5.75 Å². The number of phenols is 1. The van der Waals surface area contributed by atoms with E-state index in [-0.39, 0.29) is 24.0 Å². The van der Waals surface area contributed by atoms with Crippen LogP contribution in [-0.4, -0.2) is 26.1 Å². The number of carbonyl (C=O) groups is 1. The highest BCUT2D eigenvalue weighted by Gasteiger charge is 2.42. The van der Waals surface area contributed by atoms with Gasteiger partial charge in [-0.3, -0.25) is 9.89 Å². The molecule has 5 rings (SSSR count). The Kier molecular flexibility index (Phi) is 5.17. The third-order valence-electron chi connectivity index (χ3n) is 5.99. The minimum atomic E-state index is -0.481. The molecule has 4 aromatic rings. The first-order chi connectivity index (χ1) is 15.8. The van der Waals surface area contributed by atoms with Crippen molar-refractivity contribution in [2.75, 3.05) is 0 Å². The zero-order chi connectivity index (χ0) is 23.3. The molecule has 1 aliphatic heterocycles. The van der Waals surface area contributed by atoms with Crippen molar-refractivity contribution < 1.29 is 14.3 Å². The van der Waals surface area contributed by atoms with Crippen molar-refractivity contribution in [1.82, 2.24) is 15.1 Å². The molecule has 7 heteroatoms. The van der Waals surface area contributed by atoms with Gasteiger partial charge in [0.2, 0.25) is 0 Å². The van der Waals surface area contributed by atoms with E-state index in [1.807, 2.05) is 38.1 Å². The molecule has 1 aliphatic rings. The van der Waals surface area contributed by atoms with Gasteiger partial charge < -0.3 is 10.0 Å². The van der Waals surface area contributed by atoms with E-state index in [9.17, 15) is 14.3 Å². The normalized spacial score (nSPS) is 15.2. The summed E-state index contributed by atoms with van der Waals surface area (Å²) in [6, 6.07) is 16.6. The van der Waals surface area contributed by atoms with Crippen LogP contribution < -0.4 is 0 Å². The van der Waals surface area contributed by atoms with Crippen molar-refractivity contribution >= 4 is 17.5 Å². The first kappa shape index (κ1) is 21.2. The number of aryl methyl sites for hydroxylation is 2. The van der Waals surface area contributed by atoms with E-state index in [2.05, 4.69) is 10.2 Å². The Labute approximate surface area is 195 Å². The molecule has 33 heavy (non-hydrogen) atoms. The second kappa shape index (κ2) is 8.05. The summed E-state index contributed by atoms with van der Waals surface area (Å²) in [5, 5.41) is 18.7. The summed E-state index contributed by atoms with van der Waals surface area (Å²) in [4.78, 5) is 15.2. The lowest BCUT2D eigenvalue weighted by atomic mass is 9.93. The third-order valence-corrected chi connectivity index (χ3v) is 6.23. The van der Waals surface area contributed by atoms with Gasteiger partial charge in [0.05, 0.1) is 6.04 Å². The third kappa shape index (κ3) is 3.66. The minimum absolute atomic E-state index is 0.107. The molecule has 2 heterocycles. The van der Waals surface area contributed by atoms with Gasteiger partial charge in [-0.2, -0.15) is 5.10 Å². The Bertz CT molecular complexity index is 1360. The van der Waals surface area contributed by atoms with Crippen LogP contribution in [0, 0.1) is 19.7 Å². The number of rotatable bonds is 4. The summed E-state index contributed by atoms with van der Waals surface area (Å²) in [6.45, 7) is 4.09. The van der Waals surface area contributed by atoms with Crippen molar-refractivity contribution in [3.05, 3.63) is 105 Å². The Morgan fingerprint density at radius 2 is 1.88 bits per heavy atom. The zero-order valence-electron chi connectivity index (χ0n) is 18.1. The lowest BCUT2D eigenvalue weighted by Crippen LogP contribution is -2.29. The van der Waals surface area contributed by atoms with Crippen LogP contribution >= 0.6 is 11.6 Å². The first-order valence-electron chi connectivity index (χ1n) is 10.5. The van der Waals surface area contributed by atoms with Crippen LogP contribution in [0.25, 0.3) is 11.3 Å². The van der Waals surface area contributed by atoms with Gasteiger partial charge in [0.1, 0.15) is 23.0 Å². The van der Waals surface area contributed by atoms with Gasteiger partial charge >= 0.3 is 0 Å². The molecule has 0 spiro atoms. The van der Waals surface area contributed by atoms with E-state index in [0.29, 0.717) is 27.5 Å². The highest BCUT2D eigenvalue weighted by atomic mass is 35.5. The molecule has 1 unspecified atom stereocenters. The predicted octanol–water partition coefficient (Wildman–Crippen LogP) is 5.94. The fourth-order valence-corrected chi connectivity index (χ4v) is 4.81. The Hall–Kier alpha value is -3.64. The largest absolute Gasteiger partial charge is 0.507 e. The van der Waals surface area contributed by atoms with Crippen LogP contribution in [-0.2, 0) is 6.54 Å². The van der Waals surface area contributed by atoms with Crippen molar-refractivity contribution in [2.45, 2.75) is 26.4 Å². The van der Waals surface area contributed by atoms with Crippen molar-refractivity contribution in [3.8, 4) is 17.0 Å². The number of nitrogens with one attached hydrogen (secondary N) is 1. The molecule has 0 radical (unpaired) electrons. The van der Waals surface area contributed by atoms with Crippen LogP contribution in [0.2, 0.25) is 5.02 Å². The van der Waals surface area contributed by atoms with Gasteiger partial charge in [-0.25, -0.2) is 4.39 Å². The molecule has 5 nitrogen and oxygen atoms in total. The first-order valence-corrected chi connectivity index (χ1v) is 10.9. The molecule has 1 aromatic heterocycles. The maximum absolute atomic E-state index is 13.5. The maximum Gasteiger partial charge on any atom is 0.273 e. The van der Waals surface area contributed by atoms with Gasteiger partial charge in [0.15, 0.2) is 0 Å². The van der Waals surface area contributed by atoms with Gasteiger partial charge in [-0.15, -0.1) is 0 Å². The highest BCUT2D eigenvalue weighted by molar-refractivity contribution is 6.30. The Balaban J connectivity index is 1.69. The SMILES string of the molecule is Cc1cc(C)c(-c2n[nH]c3c2C(c2cccc(Cl)c2)N(Cc2ccc(F)cc2)C3=O)c(O)c1. The molecule has 1 amide bonds. The minimum Gasteiger partial charge on any atom is -0.507 e. The fraction of sp³-hybridized carbons (Fsp3) is 0.154. The number of halogens is 2. The second-order valence-corrected chi connectivity index (χ2v) is 8.79. The number of benzene rings is 3. The molecule has 2 N–H and O–H groups in total. The number of aromatic amines is 1. The molecule has 0 aliphatic carbocycles. The molecule has 1 atom stereocenters. The molecule has 0 saturated carbocycles. The average Bonchev–Trinajstić information content (AvgIpc) is 3.28. The topological polar surface area (TPSA) is 69.2 Å². The van der Waals surface area contributed by atoms with E-state index >= 15 is 0 Å². The van der Waals surface area contributed by atoms with Crippen LogP contribution in [0.1, 0.15) is 44.3 Å². The van der Waals surface area contributed by atoms with E-state index < -0.39 is 6.04 Å². The maximum atomic E-state index is 13.5. The molecular weight excluding hydrogens is 441 g/mol. The lowest BCUT2D eigenvalue weighted by molar-refractivity contribution is 0.0730. The monoisotopic (exact) mass is 461 g/mol. The van der Waals surface area contributed by atoms with E-state index in [4.69, 9.17) is 11.6 Å². The summed E-state index contributed by atoms with van der Waals surface area (Å²) < 4.78 is 13.4. The summed E-state index contributed by atoms with van der Waals surface area (Å²) in [6.07, 6.45) is 0. The van der Waals surface area contributed by atoms with Crippen LogP contribution in [0.4, 0.5) is 4.39 Å². The zero-order valence-corrected chi connectivity index (χ0v) is 18.8. The number of phenolic OH excluding ortho intramolecular Hbond substituents is 1. The number of fused-ring (bicyclic) bond motifs is 1. The van der Waals surface area contributed by atoms with Crippen molar-refractivity contribution in [3.63, 3.8) is 0 Å². The number of hydrogen-bond donors (Lipinski definition) is 2. The number of hydrogen-bond acceptors (Lipinski definition) is 3. The number of H-pyrrole nitrogens is 1. The number of aromatic hydroxyl groups is 1. The highest BCUT2D eigenvalue weighted by Crippen LogP contribution is 2.46. The molecule has 0 bridgehead atoms. The summed E-state index contributed by atoms with van der Waals surface area (Å²) in [7, 11) is 0. The summed E-state index contributed by atoms with van der Waals surface area (Å²) in [5.41, 5.74) is 5.58. The van der Waals surface area contributed by atoms with E-state index in [1.165, 1.54) is 12.1 Å². The average molecular weight is 462 g/mol. The number of amides is 1. The summed E-state index contributed by atoms with van der Waals surface area (Å²) >= 11 is 6.30. The van der Waals surface area contributed by atoms with Gasteiger partial charge in [-0.1, -0.05) is 41.9 Å². The number of carbonyl (C=O) groups excluding carboxylic acids is 1. The lowest BCUT2D eigenvalue weighted by Gasteiger charge is -2.27. The molecular formula is C26H21ClFN3O2. The van der Waals surface area contributed by atoms with E-state index in [1.54, 1.807) is 29.2 Å². The van der Waals surface area contributed by atoms with Gasteiger partial charge in [-0.05, 0) is 66.4 Å². The molecule has 0 fully saturated rings. The Morgan fingerprint density at radius 1 is 1.12 bits per heavy atom. The smallest absolute Gasteiger partial charge is 0.273 e. The molecule has 3 aromatic carbocycles. The fourth-order valence-electron chi connectivity index (χ4n) is 4.61.